The molecule has 2 aromatic carbocycles. The molecule has 3 nitrogen and oxygen atoms in total. The molecule has 0 aliphatic rings. The second-order valence-electron chi connectivity index (χ2n) is 6.42. The van der Waals surface area contributed by atoms with E-state index in [1.165, 1.54) is 17.2 Å². The molecule has 0 saturated heterocycles. The number of nitrogens with one attached hydrogen (secondary N) is 2. The van der Waals surface area contributed by atoms with E-state index in [1.807, 2.05) is 24.4 Å². The van der Waals surface area contributed by atoms with Crippen molar-refractivity contribution >= 4 is 22.3 Å². The van der Waals surface area contributed by atoms with Crippen molar-refractivity contribution in [2.45, 2.75) is 19.3 Å². The third-order valence-corrected chi connectivity index (χ3v) is 4.56. The Bertz CT molecular complexity index is 991. The molecule has 0 unspecified atom stereocenters. The summed E-state index contributed by atoms with van der Waals surface area (Å²) in [5.41, 5.74) is 5.53. The van der Waals surface area contributed by atoms with E-state index in [9.17, 15) is 4.39 Å². The number of rotatable bonds is 6. The molecule has 0 radical (unpaired) electrons. The fraction of sp³-hybridized carbons (Fsp3) is 0.136. The number of halogens is 1. The van der Waals surface area contributed by atoms with Gasteiger partial charge in [-0.2, -0.15) is 0 Å². The molecule has 0 amide bonds. The highest BCUT2D eigenvalue weighted by atomic mass is 19.1. The Kier molecular flexibility index (Phi) is 4.65. The molecule has 0 bridgehead atoms. The summed E-state index contributed by atoms with van der Waals surface area (Å²) in [5.74, 6) is -0.202. The molecule has 0 spiro atoms. The van der Waals surface area contributed by atoms with E-state index >= 15 is 0 Å². The van der Waals surface area contributed by atoms with Crippen molar-refractivity contribution in [2.75, 3.05) is 5.32 Å². The molecule has 4 aromatic rings. The third kappa shape index (κ3) is 3.75. The van der Waals surface area contributed by atoms with Crippen LogP contribution in [-0.4, -0.2) is 9.97 Å². The number of nitrogens with zero attached hydrogens (tertiary/aromatic N) is 1. The van der Waals surface area contributed by atoms with Crippen LogP contribution in [0.5, 0.6) is 0 Å². The van der Waals surface area contributed by atoms with Gasteiger partial charge in [-0.05, 0) is 72.9 Å². The van der Waals surface area contributed by atoms with Gasteiger partial charge < -0.3 is 10.3 Å². The molecule has 0 saturated carbocycles. The Morgan fingerprint density at radius 1 is 0.885 bits per heavy atom. The van der Waals surface area contributed by atoms with Crippen LogP contribution in [0.4, 0.5) is 15.8 Å². The van der Waals surface area contributed by atoms with Crippen LogP contribution in [0.1, 0.15) is 17.5 Å². The number of fused-ring (bicyclic) bond motifs is 1. The summed E-state index contributed by atoms with van der Waals surface area (Å²) >= 11 is 0. The van der Waals surface area contributed by atoms with Crippen molar-refractivity contribution in [1.29, 1.82) is 0 Å². The molecular formula is C22H20FN3. The van der Waals surface area contributed by atoms with E-state index in [1.54, 1.807) is 18.5 Å². The molecule has 4 rings (SSSR count). The highest BCUT2D eigenvalue weighted by Gasteiger charge is 2.05. The SMILES string of the molecule is Fc1ccc2c(CCCc3ccc(Nc4ccncc4)cc3)c[nH]c2c1. The number of aryl methyl sites for hydroxylation is 2. The monoisotopic (exact) mass is 345 g/mol. The lowest BCUT2D eigenvalue weighted by Gasteiger charge is -2.07. The van der Waals surface area contributed by atoms with Gasteiger partial charge in [-0.15, -0.1) is 0 Å². The van der Waals surface area contributed by atoms with Crippen molar-refractivity contribution in [3.8, 4) is 0 Å². The first-order valence-corrected chi connectivity index (χ1v) is 8.79. The molecule has 2 aromatic heterocycles. The van der Waals surface area contributed by atoms with Crippen LogP contribution in [0, 0.1) is 5.82 Å². The number of anilines is 2. The van der Waals surface area contributed by atoms with Crippen molar-refractivity contribution < 1.29 is 4.39 Å². The first kappa shape index (κ1) is 16.3. The molecule has 2 heterocycles. The molecule has 26 heavy (non-hydrogen) atoms. The van der Waals surface area contributed by atoms with Gasteiger partial charge >= 0.3 is 0 Å². The molecule has 0 aliphatic carbocycles. The van der Waals surface area contributed by atoms with Crippen LogP contribution in [0.15, 0.2) is 73.2 Å². The average molecular weight is 345 g/mol. The Morgan fingerprint density at radius 2 is 1.65 bits per heavy atom. The molecule has 0 fully saturated rings. The quantitative estimate of drug-likeness (QED) is 0.476. The molecule has 0 atom stereocenters. The molecule has 130 valence electrons. The summed E-state index contributed by atoms with van der Waals surface area (Å²) in [4.78, 5) is 7.17. The van der Waals surface area contributed by atoms with Gasteiger partial charge in [-0.1, -0.05) is 12.1 Å². The predicted molar refractivity (Wildman–Crippen MR) is 104 cm³/mol. The highest BCUT2D eigenvalue weighted by molar-refractivity contribution is 5.83. The van der Waals surface area contributed by atoms with Gasteiger partial charge in [0, 0.05) is 40.9 Å². The first-order chi connectivity index (χ1) is 12.8. The minimum atomic E-state index is -0.202. The van der Waals surface area contributed by atoms with E-state index in [4.69, 9.17) is 0 Å². The lowest BCUT2D eigenvalue weighted by molar-refractivity contribution is 0.629. The van der Waals surface area contributed by atoms with Gasteiger partial charge in [0.25, 0.3) is 0 Å². The van der Waals surface area contributed by atoms with Crippen molar-refractivity contribution in [2.24, 2.45) is 0 Å². The Morgan fingerprint density at radius 3 is 2.46 bits per heavy atom. The Labute approximate surface area is 151 Å². The van der Waals surface area contributed by atoms with Gasteiger partial charge in [0.05, 0.1) is 0 Å². The zero-order chi connectivity index (χ0) is 17.8. The fourth-order valence-corrected chi connectivity index (χ4v) is 3.20. The summed E-state index contributed by atoms with van der Waals surface area (Å²) in [7, 11) is 0. The van der Waals surface area contributed by atoms with Gasteiger partial charge in [-0.3, -0.25) is 4.98 Å². The maximum Gasteiger partial charge on any atom is 0.125 e. The number of benzene rings is 2. The predicted octanol–water partition coefficient (Wildman–Crippen LogP) is 5.62. The Hall–Kier alpha value is -3.14. The van der Waals surface area contributed by atoms with E-state index in [0.29, 0.717) is 0 Å². The molecule has 2 N–H and O–H groups in total. The van der Waals surface area contributed by atoms with Gasteiger partial charge in [0.1, 0.15) is 5.82 Å². The normalized spacial score (nSPS) is 11.0. The second-order valence-corrected chi connectivity index (χ2v) is 6.42. The maximum atomic E-state index is 13.3. The van der Waals surface area contributed by atoms with Crippen LogP contribution in [-0.2, 0) is 12.8 Å². The summed E-state index contributed by atoms with van der Waals surface area (Å²) in [5, 5.41) is 4.47. The van der Waals surface area contributed by atoms with E-state index in [2.05, 4.69) is 39.6 Å². The highest BCUT2D eigenvalue weighted by Crippen LogP contribution is 2.22. The second kappa shape index (κ2) is 7.40. The number of hydrogen-bond acceptors (Lipinski definition) is 2. The average Bonchev–Trinajstić information content (AvgIpc) is 3.06. The van der Waals surface area contributed by atoms with Crippen LogP contribution in [0.2, 0.25) is 0 Å². The van der Waals surface area contributed by atoms with Crippen LogP contribution < -0.4 is 5.32 Å². The summed E-state index contributed by atoms with van der Waals surface area (Å²) in [6, 6.07) is 17.3. The van der Waals surface area contributed by atoms with E-state index < -0.39 is 0 Å². The molecule has 0 aliphatic heterocycles. The number of H-pyrrole nitrogens is 1. The lowest BCUT2D eigenvalue weighted by Crippen LogP contribution is -1.92. The largest absolute Gasteiger partial charge is 0.361 e. The van der Waals surface area contributed by atoms with E-state index in [0.717, 1.165) is 41.5 Å². The first-order valence-electron chi connectivity index (χ1n) is 8.79. The van der Waals surface area contributed by atoms with Gasteiger partial charge in [0.2, 0.25) is 0 Å². The smallest absolute Gasteiger partial charge is 0.125 e. The zero-order valence-corrected chi connectivity index (χ0v) is 14.4. The minimum Gasteiger partial charge on any atom is -0.361 e. The minimum absolute atomic E-state index is 0.202. The number of hydrogen-bond donors (Lipinski definition) is 2. The molecule has 4 heteroatoms. The Balaban J connectivity index is 1.34. The third-order valence-electron chi connectivity index (χ3n) is 4.56. The summed E-state index contributed by atoms with van der Waals surface area (Å²) < 4.78 is 13.3. The molecular weight excluding hydrogens is 325 g/mol. The lowest BCUT2D eigenvalue weighted by atomic mass is 10.0. The zero-order valence-electron chi connectivity index (χ0n) is 14.4. The standard InChI is InChI=1S/C22H20FN3/c23-18-6-9-21-17(15-25-22(21)14-18)3-1-2-16-4-7-19(8-5-16)26-20-10-12-24-13-11-20/h4-15,25H,1-3H2,(H,24,26). The number of aromatic amines is 1. The number of pyridine rings is 1. The van der Waals surface area contributed by atoms with Gasteiger partial charge in [-0.25, -0.2) is 4.39 Å². The van der Waals surface area contributed by atoms with Gasteiger partial charge in [0.15, 0.2) is 0 Å². The maximum absolute atomic E-state index is 13.3. The van der Waals surface area contributed by atoms with Crippen molar-refractivity contribution in [3.63, 3.8) is 0 Å². The van der Waals surface area contributed by atoms with Crippen LogP contribution in [0.25, 0.3) is 10.9 Å². The van der Waals surface area contributed by atoms with E-state index in [-0.39, 0.29) is 5.82 Å². The van der Waals surface area contributed by atoms with Crippen molar-refractivity contribution in [1.82, 2.24) is 9.97 Å². The topological polar surface area (TPSA) is 40.7 Å². The number of aromatic nitrogens is 2. The summed E-state index contributed by atoms with van der Waals surface area (Å²) in [6.45, 7) is 0. The fourth-order valence-electron chi connectivity index (χ4n) is 3.20. The van der Waals surface area contributed by atoms with Crippen LogP contribution in [0.3, 0.4) is 0 Å². The summed E-state index contributed by atoms with van der Waals surface area (Å²) in [6.07, 6.45) is 8.59. The van der Waals surface area contributed by atoms with Crippen LogP contribution >= 0.6 is 0 Å². The van der Waals surface area contributed by atoms with Crippen molar-refractivity contribution in [3.05, 3.63) is 90.1 Å².